The van der Waals surface area contributed by atoms with E-state index in [1.165, 1.54) is 0 Å². The Labute approximate surface area is 136 Å². The van der Waals surface area contributed by atoms with Crippen LogP contribution in [0.4, 0.5) is 0 Å². The van der Waals surface area contributed by atoms with Crippen molar-refractivity contribution < 1.29 is 23.8 Å². The molecule has 1 saturated heterocycles. The standard InChI is InChI=1S/C18H24O5/c1-14(19)4-5-15-6-8-17(9-7-15)23-13-18(20)22-12-10-16-3-2-11-21-16/h6-9,16H,2-5,10-13H2,1H3. The average Bonchev–Trinajstić information content (AvgIpc) is 3.05. The minimum absolute atomic E-state index is 0.0989. The maximum absolute atomic E-state index is 11.6. The summed E-state index contributed by atoms with van der Waals surface area (Å²) in [7, 11) is 0. The van der Waals surface area contributed by atoms with Gasteiger partial charge in [-0.2, -0.15) is 0 Å². The molecule has 23 heavy (non-hydrogen) atoms. The number of ketones is 1. The lowest BCUT2D eigenvalue weighted by Crippen LogP contribution is -2.18. The maximum atomic E-state index is 11.6. The largest absolute Gasteiger partial charge is 0.482 e. The molecule has 1 fully saturated rings. The second kappa shape index (κ2) is 9.30. The molecule has 1 heterocycles. The van der Waals surface area contributed by atoms with Crippen molar-refractivity contribution in [1.82, 2.24) is 0 Å². The summed E-state index contributed by atoms with van der Waals surface area (Å²) < 4.78 is 16.0. The average molecular weight is 320 g/mol. The zero-order chi connectivity index (χ0) is 16.5. The minimum Gasteiger partial charge on any atom is -0.482 e. The van der Waals surface area contributed by atoms with Crippen molar-refractivity contribution in [3.05, 3.63) is 29.8 Å². The van der Waals surface area contributed by atoms with Gasteiger partial charge in [0.05, 0.1) is 12.7 Å². The van der Waals surface area contributed by atoms with Crippen molar-refractivity contribution in [1.29, 1.82) is 0 Å². The van der Waals surface area contributed by atoms with Gasteiger partial charge in [0, 0.05) is 19.4 Å². The highest BCUT2D eigenvalue weighted by molar-refractivity contribution is 5.75. The van der Waals surface area contributed by atoms with Crippen molar-refractivity contribution in [3.8, 4) is 5.75 Å². The second-order valence-corrected chi connectivity index (χ2v) is 5.78. The SMILES string of the molecule is CC(=O)CCc1ccc(OCC(=O)OCCC2CCCO2)cc1. The quantitative estimate of drug-likeness (QED) is 0.655. The number of rotatable bonds is 9. The molecule has 0 spiro atoms. The van der Waals surface area contributed by atoms with Crippen LogP contribution in [0.2, 0.25) is 0 Å². The van der Waals surface area contributed by atoms with Crippen molar-refractivity contribution in [2.24, 2.45) is 0 Å². The summed E-state index contributed by atoms with van der Waals surface area (Å²) in [5, 5.41) is 0. The predicted molar refractivity (Wildman–Crippen MR) is 85.5 cm³/mol. The summed E-state index contributed by atoms with van der Waals surface area (Å²) in [6.07, 6.45) is 4.37. The minimum atomic E-state index is -0.372. The van der Waals surface area contributed by atoms with Crippen molar-refractivity contribution in [3.63, 3.8) is 0 Å². The molecule has 0 bridgehead atoms. The van der Waals surface area contributed by atoms with E-state index < -0.39 is 0 Å². The number of aryl methyl sites for hydroxylation is 1. The molecular formula is C18H24O5. The molecule has 5 nitrogen and oxygen atoms in total. The molecule has 1 aromatic rings. The fourth-order valence-electron chi connectivity index (χ4n) is 2.43. The molecule has 0 saturated carbocycles. The summed E-state index contributed by atoms with van der Waals surface area (Å²) in [6, 6.07) is 7.41. The Balaban J connectivity index is 1.62. The number of benzene rings is 1. The van der Waals surface area contributed by atoms with Crippen LogP contribution in [-0.4, -0.2) is 37.7 Å². The zero-order valence-electron chi connectivity index (χ0n) is 13.6. The summed E-state index contributed by atoms with van der Waals surface area (Å²) in [6.45, 7) is 2.67. The van der Waals surface area contributed by atoms with E-state index in [1.54, 1.807) is 19.1 Å². The Morgan fingerprint density at radius 3 is 2.70 bits per heavy atom. The molecule has 0 radical (unpaired) electrons. The van der Waals surface area contributed by atoms with Crippen LogP contribution in [0.5, 0.6) is 5.75 Å². The van der Waals surface area contributed by atoms with Crippen LogP contribution in [0.15, 0.2) is 24.3 Å². The number of carbonyl (C=O) groups is 2. The predicted octanol–water partition coefficient (Wildman–Crippen LogP) is 2.70. The Bertz CT molecular complexity index is 503. The van der Waals surface area contributed by atoms with E-state index in [2.05, 4.69) is 0 Å². The van der Waals surface area contributed by atoms with Gasteiger partial charge in [-0.05, 0) is 43.9 Å². The number of Topliss-reactive ketones (excluding diaryl/α,β-unsaturated/α-hetero) is 1. The number of carbonyl (C=O) groups excluding carboxylic acids is 2. The van der Waals surface area contributed by atoms with Crippen LogP contribution in [0, 0.1) is 0 Å². The normalized spacial score (nSPS) is 17.0. The van der Waals surface area contributed by atoms with Crippen molar-refractivity contribution in [2.75, 3.05) is 19.8 Å². The van der Waals surface area contributed by atoms with E-state index in [0.717, 1.165) is 37.9 Å². The third-order valence-corrected chi connectivity index (χ3v) is 3.77. The number of hydrogen-bond acceptors (Lipinski definition) is 5. The summed E-state index contributed by atoms with van der Waals surface area (Å²) >= 11 is 0. The monoisotopic (exact) mass is 320 g/mol. The highest BCUT2D eigenvalue weighted by Crippen LogP contribution is 2.15. The summed E-state index contributed by atoms with van der Waals surface area (Å²) in [4.78, 5) is 22.6. The third-order valence-electron chi connectivity index (χ3n) is 3.77. The Hall–Kier alpha value is -1.88. The van der Waals surface area contributed by atoms with Crippen LogP contribution in [0.1, 0.15) is 38.2 Å². The first-order valence-corrected chi connectivity index (χ1v) is 8.12. The molecule has 1 unspecified atom stereocenters. The first kappa shape index (κ1) is 17.5. The molecule has 1 aliphatic rings. The first-order valence-electron chi connectivity index (χ1n) is 8.12. The summed E-state index contributed by atoms with van der Waals surface area (Å²) in [5.41, 5.74) is 1.08. The van der Waals surface area contributed by atoms with Gasteiger partial charge in [0.15, 0.2) is 6.61 Å². The van der Waals surface area contributed by atoms with Crippen LogP contribution >= 0.6 is 0 Å². The number of esters is 1. The third kappa shape index (κ3) is 6.82. The van der Waals surface area contributed by atoms with Gasteiger partial charge in [0.25, 0.3) is 0 Å². The Kier molecular flexibility index (Phi) is 7.07. The van der Waals surface area contributed by atoms with E-state index in [-0.39, 0.29) is 24.5 Å². The lowest BCUT2D eigenvalue weighted by Gasteiger charge is -2.10. The highest BCUT2D eigenvalue weighted by atomic mass is 16.6. The Morgan fingerprint density at radius 2 is 2.04 bits per heavy atom. The molecule has 1 aromatic carbocycles. The van der Waals surface area contributed by atoms with E-state index in [1.807, 2.05) is 12.1 Å². The zero-order valence-corrected chi connectivity index (χ0v) is 13.6. The van der Waals surface area contributed by atoms with Gasteiger partial charge >= 0.3 is 5.97 Å². The van der Waals surface area contributed by atoms with Gasteiger partial charge in [0.2, 0.25) is 0 Å². The lowest BCUT2D eigenvalue weighted by molar-refractivity contribution is -0.146. The summed E-state index contributed by atoms with van der Waals surface area (Å²) in [5.74, 6) is 0.424. The molecule has 5 heteroatoms. The van der Waals surface area contributed by atoms with E-state index >= 15 is 0 Å². The van der Waals surface area contributed by atoms with Crippen molar-refractivity contribution >= 4 is 11.8 Å². The molecule has 0 aromatic heterocycles. The van der Waals surface area contributed by atoms with Gasteiger partial charge in [-0.15, -0.1) is 0 Å². The van der Waals surface area contributed by atoms with Gasteiger partial charge in [-0.3, -0.25) is 0 Å². The molecule has 126 valence electrons. The van der Waals surface area contributed by atoms with Gasteiger partial charge in [-0.25, -0.2) is 4.79 Å². The molecule has 1 atom stereocenters. The van der Waals surface area contributed by atoms with Crippen LogP contribution < -0.4 is 4.74 Å². The second-order valence-electron chi connectivity index (χ2n) is 5.78. The Morgan fingerprint density at radius 1 is 1.26 bits per heavy atom. The van der Waals surface area contributed by atoms with Gasteiger partial charge < -0.3 is 19.0 Å². The molecule has 2 rings (SSSR count). The van der Waals surface area contributed by atoms with E-state index in [4.69, 9.17) is 14.2 Å². The fourth-order valence-corrected chi connectivity index (χ4v) is 2.43. The van der Waals surface area contributed by atoms with Crippen LogP contribution in [-0.2, 0) is 25.5 Å². The maximum Gasteiger partial charge on any atom is 0.344 e. The van der Waals surface area contributed by atoms with E-state index in [9.17, 15) is 9.59 Å². The number of hydrogen-bond donors (Lipinski definition) is 0. The van der Waals surface area contributed by atoms with Crippen molar-refractivity contribution in [2.45, 2.75) is 45.1 Å². The molecule has 1 aliphatic heterocycles. The van der Waals surface area contributed by atoms with Gasteiger partial charge in [0.1, 0.15) is 11.5 Å². The fraction of sp³-hybridized carbons (Fsp3) is 0.556. The number of ether oxygens (including phenoxy) is 3. The smallest absolute Gasteiger partial charge is 0.344 e. The lowest BCUT2D eigenvalue weighted by atomic mass is 10.1. The highest BCUT2D eigenvalue weighted by Gasteiger charge is 2.15. The first-order chi connectivity index (χ1) is 11.1. The molecule has 0 N–H and O–H groups in total. The van der Waals surface area contributed by atoms with Crippen LogP contribution in [0.25, 0.3) is 0 Å². The van der Waals surface area contributed by atoms with Crippen LogP contribution in [0.3, 0.4) is 0 Å². The molecule has 0 aliphatic carbocycles. The van der Waals surface area contributed by atoms with Gasteiger partial charge in [-0.1, -0.05) is 12.1 Å². The molecular weight excluding hydrogens is 296 g/mol. The molecule has 0 amide bonds. The topological polar surface area (TPSA) is 61.8 Å². The van der Waals surface area contributed by atoms with E-state index in [0.29, 0.717) is 18.8 Å².